The van der Waals surface area contributed by atoms with Crippen LogP contribution in [0.1, 0.15) is 19.8 Å². The molecule has 1 amide bonds. The van der Waals surface area contributed by atoms with Crippen LogP contribution in [0.2, 0.25) is 0 Å². The number of β-amino-alcohol motifs (C(OH)–C–C–N with tert-alkyl or cyclic N) is 1. The molecule has 0 radical (unpaired) electrons. The van der Waals surface area contributed by atoms with Crippen molar-refractivity contribution in [3.8, 4) is 0 Å². The molecule has 4 nitrogen and oxygen atoms in total. The zero-order valence-corrected chi connectivity index (χ0v) is 8.48. The predicted octanol–water partition coefficient (Wildman–Crippen LogP) is 0.00460. The van der Waals surface area contributed by atoms with E-state index in [1.54, 1.807) is 4.90 Å². The fourth-order valence-corrected chi connectivity index (χ4v) is 2.19. The highest BCUT2D eigenvalue weighted by Crippen LogP contribution is 2.23. The summed E-state index contributed by atoms with van der Waals surface area (Å²) in [5.74, 6) is 0.182. The van der Waals surface area contributed by atoms with Crippen LogP contribution in [0, 0.1) is 5.92 Å². The average Bonchev–Trinajstić information content (AvgIpc) is 2.73. The van der Waals surface area contributed by atoms with Crippen molar-refractivity contribution in [1.82, 2.24) is 4.90 Å². The van der Waals surface area contributed by atoms with Crippen molar-refractivity contribution in [1.29, 1.82) is 0 Å². The van der Waals surface area contributed by atoms with Gasteiger partial charge in [0, 0.05) is 13.1 Å². The molecular weight excluding hydrogens is 182 g/mol. The normalized spacial score (nSPS) is 37.9. The van der Waals surface area contributed by atoms with E-state index in [2.05, 4.69) is 0 Å². The van der Waals surface area contributed by atoms with E-state index >= 15 is 0 Å². The van der Waals surface area contributed by atoms with Crippen molar-refractivity contribution in [3.05, 3.63) is 0 Å². The molecule has 0 aliphatic carbocycles. The van der Waals surface area contributed by atoms with Gasteiger partial charge in [0.25, 0.3) is 0 Å². The van der Waals surface area contributed by atoms with Gasteiger partial charge in [-0.05, 0) is 19.8 Å². The van der Waals surface area contributed by atoms with Gasteiger partial charge in [0.05, 0.1) is 24.7 Å². The summed E-state index contributed by atoms with van der Waals surface area (Å²) in [6.07, 6.45) is 1.43. The van der Waals surface area contributed by atoms with E-state index in [-0.39, 0.29) is 24.0 Å². The highest BCUT2D eigenvalue weighted by molar-refractivity contribution is 5.79. The molecule has 0 aromatic carbocycles. The quantitative estimate of drug-likeness (QED) is 0.647. The van der Waals surface area contributed by atoms with E-state index < -0.39 is 0 Å². The largest absolute Gasteiger partial charge is 0.391 e. The third-order valence-electron chi connectivity index (χ3n) is 3.02. The molecule has 0 saturated carbocycles. The van der Waals surface area contributed by atoms with E-state index in [0.717, 1.165) is 12.8 Å². The molecule has 0 spiro atoms. The van der Waals surface area contributed by atoms with Gasteiger partial charge < -0.3 is 14.7 Å². The van der Waals surface area contributed by atoms with Crippen LogP contribution in [0.25, 0.3) is 0 Å². The molecule has 3 atom stereocenters. The fraction of sp³-hybridized carbons (Fsp3) is 0.900. The summed E-state index contributed by atoms with van der Waals surface area (Å²) in [6, 6.07) is 0. The van der Waals surface area contributed by atoms with Gasteiger partial charge in [0.2, 0.25) is 5.91 Å². The number of rotatable bonds is 1. The summed E-state index contributed by atoms with van der Waals surface area (Å²) in [7, 11) is 0. The minimum atomic E-state index is -0.321. The van der Waals surface area contributed by atoms with E-state index in [9.17, 15) is 9.90 Å². The molecule has 2 aliphatic rings. The first-order valence-corrected chi connectivity index (χ1v) is 5.25. The van der Waals surface area contributed by atoms with Crippen LogP contribution in [0.15, 0.2) is 0 Å². The van der Waals surface area contributed by atoms with Crippen molar-refractivity contribution >= 4 is 5.91 Å². The number of hydrogen-bond donors (Lipinski definition) is 1. The SMILES string of the molecule is CC1CC(C(=O)N2CC[C@@H](O)C2)CO1. The molecule has 2 heterocycles. The Hall–Kier alpha value is -0.610. The predicted molar refractivity (Wildman–Crippen MR) is 50.7 cm³/mol. The van der Waals surface area contributed by atoms with Crippen LogP contribution in [0.5, 0.6) is 0 Å². The fourth-order valence-electron chi connectivity index (χ4n) is 2.19. The van der Waals surface area contributed by atoms with Crippen LogP contribution in [-0.4, -0.2) is 47.8 Å². The topological polar surface area (TPSA) is 49.8 Å². The number of amides is 1. The maximum Gasteiger partial charge on any atom is 0.228 e. The molecule has 0 bridgehead atoms. The van der Waals surface area contributed by atoms with E-state index in [0.29, 0.717) is 19.7 Å². The van der Waals surface area contributed by atoms with Gasteiger partial charge in [-0.1, -0.05) is 0 Å². The highest BCUT2D eigenvalue weighted by Gasteiger charge is 2.34. The second-order valence-corrected chi connectivity index (χ2v) is 4.30. The van der Waals surface area contributed by atoms with Gasteiger partial charge >= 0.3 is 0 Å². The Bertz CT molecular complexity index is 209. The number of ether oxygens (including phenoxy) is 1. The molecule has 0 aromatic rings. The summed E-state index contributed by atoms with van der Waals surface area (Å²) < 4.78 is 5.36. The van der Waals surface area contributed by atoms with Crippen LogP contribution in [0.3, 0.4) is 0 Å². The van der Waals surface area contributed by atoms with Crippen molar-refractivity contribution < 1.29 is 14.6 Å². The first-order valence-electron chi connectivity index (χ1n) is 5.25. The molecule has 2 saturated heterocycles. The lowest BCUT2D eigenvalue weighted by molar-refractivity contribution is -0.134. The molecule has 0 aromatic heterocycles. The monoisotopic (exact) mass is 199 g/mol. The number of likely N-dealkylation sites (tertiary alicyclic amines) is 1. The van der Waals surface area contributed by atoms with Crippen LogP contribution in [0.4, 0.5) is 0 Å². The zero-order chi connectivity index (χ0) is 10.1. The number of hydrogen-bond acceptors (Lipinski definition) is 3. The second kappa shape index (κ2) is 3.87. The lowest BCUT2D eigenvalue weighted by Gasteiger charge is -2.18. The van der Waals surface area contributed by atoms with Crippen LogP contribution < -0.4 is 0 Å². The first kappa shape index (κ1) is 9.93. The van der Waals surface area contributed by atoms with Gasteiger partial charge in [-0.2, -0.15) is 0 Å². The maximum absolute atomic E-state index is 11.9. The van der Waals surface area contributed by atoms with Crippen molar-refractivity contribution in [3.63, 3.8) is 0 Å². The molecule has 14 heavy (non-hydrogen) atoms. The zero-order valence-electron chi connectivity index (χ0n) is 8.48. The van der Waals surface area contributed by atoms with Gasteiger partial charge in [0.15, 0.2) is 0 Å². The van der Waals surface area contributed by atoms with Gasteiger partial charge in [-0.25, -0.2) is 0 Å². The van der Waals surface area contributed by atoms with Gasteiger partial charge in [-0.3, -0.25) is 4.79 Å². The van der Waals surface area contributed by atoms with Crippen molar-refractivity contribution in [2.75, 3.05) is 19.7 Å². The number of carbonyl (C=O) groups is 1. The lowest BCUT2D eigenvalue weighted by atomic mass is 10.1. The first-order chi connectivity index (χ1) is 6.66. The van der Waals surface area contributed by atoms with Crippen LogP contribution >= 0.6 is 0 Å². The van der Waals surface area contributed by atoms with Gasteiger partial charge in [0.1, 0.15) is 0 Å². The minimum absolute atomic E-state index is 0.0234. The van der Waals surface area contributed by atoms with Crippen molar-refractivity contribution in [2.45, 2.75) is 32.0 Å². The summed E-state index contributed by atoms with van der Waals surface area (Å²) >= 11 is 0. The summed E-state index contributed by atoms with van der Waals surface area (Å²) in [5.41, 5.74) is 0. The summed E-state index contributed by atoms with van der Waals surface area (Å²) in [4.78, 5) is 13.6. The smallest absolute Gasteiger partial charge is 0.228 e. The van der Waals surface area contributed by atoms with Crippen molar-refractivity contribution in [2.24, 2.45) is 5.92 Å². The Balaban J connectivity index is 1.89. The molecule has 1 N–H and O–H groups in total. The number of aliphatic hydroxyl groups excluding tert-OH is 1. The highest BCUT2D eigenvalue weighted by atomic mass is 16.5. The minimum Gasteiger partial charge on any atom is -0.391 e. The third-order valence-corrected chi connectivity index (χ3v) is 3.02. The molecule has 2 unspecified atom stereocenters. The number of carbonyl (C=O) groups excluding carboxylic acids is 1. The standard InChI is InChI=1S/C10H17NO3/c1-7-4-8(6-14-7)10(13)11-3-2-9(12)5-11/h7-9,12H,2-6H2,1H3/t7?,8?,9-/m1/s1. The molecule has 2 rings (SSSR count). The Labute approximate surface area is 83.8 Å². The summed E-state index contributed by atoms with van der Waals surface area (Å²) in [6.45, 7) is 3.74. The summed E-state index contributed by atoms with van der Waals surface area (Å²) in [5, 5.41) is 9.32. The van der Waals surface area contributed by atoms with E-state index in [4.69, 9.17) is 4.74 Å². The van der Waals surface area contributed by atoms with E-state index in [1.807, 2.05) is 6.92 Å². The average molecular weight is 199 g/mol. The number of nitrogens with zero attached hydrogens (tertiary/aromatic N) is 1. The Morgan fingerprint density at radius 3 is 2.86 bits per heavy atom. The molecular formula is C10H17NO3. The molecule has 2 aliphatic heterocycles. The molecule has 2 fully saturated rings. The Kier molecular flexibility index (Phi) is 2.74. The second-order valence-electron chi connectivity index (χ2n) is 4.30. The molecule has 4 heteroatoms. The van der Waals surface area contributed by atoms with Crippen LogP contribution in [-0.2, 0) is 9.53 Å². The van der Waals surface area contributed by atoms with E-state index in [1.165, 1.54) is 0 Å². The Morgan fingerprint density at radius 1 is 1.57 bits per heavy atom. The molecule has 80 valence electrons. The third kappa shape index (κ3) is 1.91. The lowest BCUT2D eigenvalue weighted by Crippen LogP contribution is -2.35. The number of aliphatic hydroxyl groups is 1. The maximum atomic E-state index is 11.9. The van der Waals surface area contributed by atoms with Gasteiger partial charge in [-0.15, -0.1) is 0 Å². The Morgan fingerprint density at radius 2 is 2.36 bits per heavy atom.